The second-order valence-corrected chi connectivity index (χ2v) is 14.6. The summed E-state index contributed by atoms with van der Waals surface area (Å²) >= 11 is 0. The number of piperidine rings is 1. The van der Waals surface area contributed by atoms with Crippen molar-refractivity contribution in [3.63, 3.8) is 0 Å². The number of methoxy groups -OCH3 is 5. The quantitative estimate of drug-likeness (QED) is 0.116. The summed E-state index contributed by atoms with van der Waals surface area (Å²) in [5.41, 5.74) is 2.11. The standard InChI is InChI=1S/C42H50N2O7.C4H4O4/c1-47-35-17-16-34(28-36(35)48-2)41(21-25-44(29-41)40(45)30-26-37(49-3)39(51-5)38(27-30)50-4)20-24-43-22-18-33(19-23-43)42(46,31-12-8-6-9-13-31)32-14-10-7-11-15-32;5-3(6)1-2-4(7)8/h6-17,26-28,33,46H,18-25,29H2,1-5H3;1-2H,(H,5,6)(H,7,8)/b;2-1-. The third-order valence-electron chi connectivity index (χ3n) is 11.4. The lowest BCUT2D eigenvalue weighted by atomic mass is 9.72. The Bertz CT molecular complexity index is 1990. The van der Waals surface area contributed by atoms with E-state index in [0.29, 0.717) is 59.6 Å². The van der Waals surface area contributed by atoms with Crippen LogP contribution in [0.3, 0.4) is 0 Å². The van der Waals surface area contributed by atoms with Gasteiger partial charge in [0.15, 0.2) is 23.0 Å². The van der Waals surface area contributed by atoms with Crippen LogP contribution in [-0.4, -0.2) is 111 Å². The van der Waals surface area contributed by atoms with Gasteiger partial charge in [0, 0.05) is 36.2 Å². The summed E-state index contributed by atoms with van der Waals surface area (Å²) < 4.78 is 27.9. The van der Waals surface area contributed by atoms with Gasteiger partial charge in [0.1, 0.15) is 5.60 Å². The summed E-state index contributed by atoms with van der Waals surface area (Å²) in [7, 11) is 7.95. The van der Waals surface area contributed by atoms with Gasteiger partial charge >= 0.3 is 11.9 Å². The molecule has 0 bridgehead atoms. The first-order valence-corrected chi connectivity index (χ1v) is 19.4. The van der Waals surface area contributed by atoms with Crippen LogP contribution in [0.2, 0.25) is 0 Å². The smallest absolute Gasteiger partial charge is 0.328 e. The van der Waals surface area contributed by atoms with Gasteiger partial charge in [-0.1, -0.05) is 66.7 Å². The number of carboxylic acids is 2. The zero-order chi connectivity index (χ0) is 42.6. The van der Waals surface area contributed by atoms with Crippen molar-refractivity contribution in [1.29, 1.82) is 0 Å². The Balaban J connectivity index is 0.000000749. The summed E-state index contributed by atoms with van der Waals surface area (Å²) in [4.78, 5) is 37.6. The summed E-state index contributed by atoms with van der Waals surface area (Å²) in [6.07, 6.45) is 4.51. The Kier molecular flexibility index (Phi) is 15.0. The molecule has 2 aliphatic heterocycles. The van der Waals surface area contributed by atoms with Crippen molar-refractivity contribution in [2.45, 2.75) is 36.7 Å². The van der Waals surface area contributed by atoms with Crippen molar-refractivity contribution in [2.75, 3.05) is 68.3 Å². The Morgan fingerprint density at radius 2 is 1.22 bits per heavy atom. The number of amides is 1. The van der Waals surface area contributed by atoms with Gasteiger partial charge in [0.25, 0.3) is 5.91 Å². The Morgan fingerprint density at radius 3 is 1.69 bits per heavy atom. The topological polar surface area (TPSA) is 165 Å². The molecule has 314 valence electrons. The molecule has 0 aromatic heterocycles. The minimum atomic E-state index is -1.26. The van der Waals surface area contributed by atoms with Gasteiger partial charge < -0.3 is 48.8 Å². The van der Waals surface area contributed by atoms with Crippen LogP contribution in [0.5, 0.6) is 28.7 Å². The monoisotopic (exact) mass is 810 g/mol. The lowest BCUT2D eigenvalue weighted by Crippen LogP contribution is -2.45. The molecule has 0 aliphatic carbocycles. The Hall–Kier alpha value is -6.05. The number of nitrogens with zero attached hydrogens (tertiary/aromatic N) is 2. The summed E-state index contributed by atoms with van der Waals surface area (Å²) in [5.74, 6) is 0.166. The number of carbonyl (C=O) groups is 3. The fraction of sp³-hybridized carbons (Fsp3) is 0.370. The van der Waals surface area contributed by atoms with Crippen molar-refractivity contribution < 1.29 is 53.4 Å². The average molecular weight is 811 g/mol. The summed E-state index contributed by atoms with van der Waals surface area (Å²) in [6.45, 7) is 3.77. The number of carbonyl (C=O) groups excluding carboxylic acids is 1. The molecule has 2 fully saturated rings. The molecule has 0 radical (unpaired) electrons. The second-order valence-electron chi connectivity index (χ2n) is 14.6. The largest absolute Gasteiger partial charge is 0.493 e. The molecule has 4 aromatic rings. The number of carboxylic acid groups (broad SMARTS) is 2. The van der Waals surface area contributed by atoms with Crippen molar-refractivity contribution in [1.82, 2.24) is 9.80 Å². The molecule has 1 atom stereocenters. The van der Waals surface area contributed by atoms with Crippen molar-refractivity contribution in [2.24, 2.45) is 5.92 Å². The third-order valence-corrected chi connectivity index (χ3v) is 11.4. The lowest BCUT2D eigenvalue weighted by Gasteiger charge is -2.43. The van der Waals surface area contributed by atoms with E-state index in [1.165, 1.54) is 0 Å². The van der Waals surface area contributed by atoms with E-state index in [0.717, 1.165) is 62.0 Å². The van der Waals surface area contributed by atoms with Gasteiger partial charge in [-0.25, -0.2) is 9.59 Å². The molecular formula is C46H54N2O11. The van der Waals surface area contributed by atoms with Crippen LogP contribution in [0, 0.1) is 5.92 Å². The number of hydrogen-bond donors (Lipinski definition) is 3. The highest BCUT2D eigenvalue weighted by Crippen LogP contribution is 2.45. The fourth-order valence-electron chi connectivity index (χ4n) is 8.29. The van der Waals surface area contributed by atoms with Crippen molar-refractivity contribution in [3.8, 4) is 28.7 Å². The van der Waals surface area contributed by atoms with Gasteiger partial charge in [-0.05, 0) is 92.2 Å². The number of likely N-dealkylation sites (tertiary alicyclic amines) is 2. The van der Waals surface area contributed by atoms with Crippen molar-refractivity contribution >= 4 is 17.8 Å². The number of aliphatic hydroxyl groups is 1. The van der Waals surface area contributed by atoms with Gasteiger partial charge in [0.2, 0.25) is 5.75 Å². The molecule has 1 unspecified atom stereocenters. The molecule has 2 heterocycles. The highest BCUT2D eigenvalue weighted by molar-refractivity contribution is 5.96. The zero-order valence-electron chi connectivity index (χ0n) is 34.3. The van der Waals surface area contributed by atoms with E-state index >= 15 is 0 Å². The summed E-state index contributed by atoms with van der Waals surface area (Å²) in [6, 6.07) is 29.7. The normalized spacial score (nSPS) is 17.2. The minimum Gasteiger partial charge on any atom is -0.493 e. The van der Waals surface area contributed by atoms with Gasteiger partial charge in [-0.3, -0.25) is 4.79 Å². The first-order chi connectivity index (χ1) is 28.4. The van der Waals surface area contributed by atoms with E-state index in [-0.39, 0.29) is 17.2 Å². The third kappa shape index (κ3) is 10.2. The molecule has 13 heteroatoms. The van der Waals surface area contributed by atoms with Crippen LogP contribution in [0.15, 0.2) is 103 Å². The van der Waals surface area contributed by atoms with Crippen LogP contribution in [0.4, 0.5) is 0 Å². The van der Waals surface area contributed by atoms with Gasteiger partial charge in [-0.2, -0.15) is 0 Å². The zero-order valence-corrected chi connectivity index (χ0v) is 34.3. The van der Waals surface area contributed by atoms with E-state index in [1.807, 2.05) is 71.6 Å². The molecule has 0 saturated carbocycles. The molecule has 2 aliphatic rings. The maximum absolute atomic E-state index is 14.1. The van der Waals surface area contributed by atoms with Crippen LogP contribution in [0.25, 0.3) is 0 Å². The number of hydrogen-bond acceptors (Lipinski definition) is 10. The van der Waals surface area contributed by atoms with E-state index in [9.17, 15) is 19.5 Å². The molecule has 3 N–H and O–H groups in total. The van der Waals surface area contributed by atoms with Crippen molar-refractivity contribution in [3.05, 3.63) is 125 Å². The first-order valence-electron chi connectivity index (χ1n) is 19.4. The van der Waals surface area contributed by atoms with E-state index in [4.69, 9.17) is 33.9 Å². The number of rotatable bonds is 15. The SMILES string of the molecule is COc1ccc(C2(CCN3CCC(C(O)(c4ccccc4)c4ccccc4)CC3)CCN(C(=O)c3cc(OC)c(OC)c(OC)c3)C2)cc1OC.O=C(O)/C=C\C(=O)O. The Labute approximate surface area is 345 Å². The highest BCUT2D eigenvalue weighted by atomic mass is 16.5. The van der Waals surface area contributed by atoms with Crippen LogP contribution in [0.1, 0.15) is 52.7 Å². The van der Waals surface area contributed by atoms with Gasteiger partial charge in [-0.15, -0.1) is 0 Å². The Morgan fingerprint density at radius 1 is 0.695 bits per heavy atom. The maximum atomic E-state index is 14.1. The van der Waals surface area contributed by atoms with Crippen LogP contribution >= 0.6 is 0 Å². The molecule has 4 aromatic carbocycles. The second kappa shape index (κ2) is 20.1. The number of aliphatic carboxylic acids is 2. The van der Waals surface area contributed by atoms with Crippen LogP contribution in [-0.2, 0) is 20.6 Å². The summed E-state index contributed by atoms with van der Waals surface area (Å²) in [5, 5.41) is 28.0. The molecule has 13 nitrogen and oxygen atoms in total. The molecule has 6 rings (SSSR count). The highest BCUT2D eigenvalue weighted by Gasteiger charge is 2.44. The maximum Gasteiger partial charge on any atom is 0.328 e. The minimum absolute atomic E-state index is 0.0800. The molecular weight excluding hydrogens is 757 g/mol. The van der Waals surface area contributed by atoms with E-state index < -0.39 is 17.5 Å². The average Bonchev–Trinajstić information content (AvgIpc) is 3.72. The number of benzene rings is 4. The predicted octanol–water partition coefficient (Wildman–Crippen LogP) is 6.26. The predicted molar refractivity (Wildman–Crippen MR) is 222 cm³/mol. The van der Waals surface area contributed by atoms with E-state index in [2.05, 4.69) is 17.0 Å². The first kappa shape index (κ1) is 44.1. The van der Waals surface area contributed by atoms with E-state index in [1.54, 1.807) is 47.7 Å². The molecule has 59 heavy (non-hydrogen) atoms. The molecule has 0 spiro atoms. The number of ether oxygens (including phenoxy) is 5. The lowest BCUT2D eigenvalue weighted by molar-refractivity contribution is -0.134. The fourth-order valence-corrected chi connectivity index (χ4v) is 8.29. The van der Waals surface area contributed by atoms with Crippen LogP contribution < -0.4 is 23.7 Å². The molecule has 2 saturated heterocycles. The molecule has 1 amide bonds. The van der Waals surface area contributed by atoms with Gasteiger partial charge in [0.05, 0.1) is 35.5 Å².